The van der Waals surface area contributed by atoms with Crippen molar-refractivity contribution in [3.05, 3.63) is 24.3 Å². The van der Waals surface area contributed by atoms with Crippen molar-refractivity contribution in [2.45, 2.75) is 29.7 Å². The Morgan fingerprint density at radius 3 is 2.25 bits per heavy atom. The summed E-state index contributed by atoms with van der Waals surface area (Å²) in [6, 6.07) is 5.78. The van der Waals surface area contributed by atoms with Crippen LogP contribution in [0.4, 0.5) is 18.9 Å². The molecule has 2 saturated carbocycles. The van der Waals surface area contributed by atoms with E-state index in [2.05, 4.69) is 5.32 Å². The number of carbonyl (C=O) groups excluding carboxylic acids is 1. The van der Waals surface area contributed by atoms with Gasteiger partial charge in [-0.2, -0.15) is 13.2 Å². The summed E-state index contributed by atoms with van der Waals surface area (Å²) in [7, 11) is 0. The monoisotopic (exact) mass is 301 g/mol. The van der Waals surface area contributed by atoms with Crippen molar-refractivity contribution in [3.8, 4) is 0 Å². The van der Waals surface area contributed by atoms with Gasteiger partial charge in [-0.05, 0) is 67.1 Å². The van der Waals surface area contributed by atoms with E-state index in [0.717, 1.165) is 24.7 Å². The van der Waals surface area contributed by atoms with Crippen LogP contribution in [0.5, 0.6) is 0 Å². The number of alkyl halides is 3. The summed E-state index contributed by atoms with van der Waals surface area (Å²) < 4.78 is 36.6. The molecular weight excluding hydrogens is 287 g/mol. The van der Waals surface area contributed by atoms with Gasteiger partial charge in [-0.15, -0.1) is 0 Å². The van der Waals surface area contributed by atoms with E-state index in [9.17, 15) is 18.0 Å². The third-order valence-corrected chi connectivity index (χ3v) is 4.71. The third kappa shape index (κ3) is 3.29. The molecule has 0 spiro atoms. The first kappa shape index (κ1) is 13.8. The molecule has 2 aliphatic rings. The van der Waals surface area contributed by atoms with E-state index in [1.165, 1.54) is 30.7 Å². The maximum Gasteiger partial charge on any atom is 0.446 e. The van der Waals surface area contributed by atoms with E-state index in [0.29, 0.717) is 5.69 Å². The van der Waals surface area contributed by atoms with Crippen molar-refractivity contribution in [2.75, 3.05) is 5.32 Å². The van der Waals surface area contributed by atoms with Crippen molar-refractivity contribution in [3.63, 3.8) is 0 Å². The fraction of sp³-hybridized carbons (Fsp3) is 0.500. The molecule has 2 nitrogen and oxygen atoms in total. The zero-order valence-corrected chi connectivity index (χ0v) is 11.4. The summed E-state index contributed by atoms with van der Waals surface area (Å²) in [6.07, 6.45) is 3.17. The van der Waals surface area contributed by atoms with Crippen LogP contribution in [0.3, 0.4) is 0 Å². The van der Waals surface area contributed by atoms with E-state index in [1.807, 2.05) is 0 Å². The topological polar surface area (TPSA) is 29.1 Å². The van der Waals surface area contributed by atoms with Gasteiger partial charge >= 0.3 is 5.51 Å². The van der Waals surface area contributed by atoms with E-state index in [1.54, 1.807) is 0 Å². The van der Waals surface area contributed by atoms with Gasteiger partial charge in [-0.3, -0.25) is 4.79 Å². The van der Waals surface area contributed by atoms with Gasteiger partial charge in [0, 0.05) is 16.5 Å². The molecule has 6 heteroatoms. The van der Waals surface area contributed by atoms with E-state index in [-0.39, 0.29) is 28.5 Å². The summed E-state index contributed by atoms with van der Waals surface area (Å²) in [4.78, 5) is 12.1. The molecule has 1 amide bonds. The molecule has 0 bridgehead atoms. The molecule has 108 valence electrons. The number of rotatable bonds is 3. The first-order valence-corrected chi connectivity index (χ1v) is 7.39. The van der Waals surface area contributed by atoms with Crippen LogP contribution in [0, 0.1) is 17.8 Å². The average Bonchev–Trinajstić information content (AvgIpc) is 2.97. The molecule has 2 atom stereocenters. The molecule has 0 aromatic heterocycles. The number of hydrogen-bond donors (Lipinski definition) is 1. The average molecular weight is 301 g/mol. The Bertz CT molecular complexity index is 504. The summed E-state index contributed by atoms with van der Waals surface area (Å²) in [5.74, 6) is 1.53. The van der Waals surface area contributed by atoms with Gasteiger partial charge in [-0.25, -0.2) is 0 Å². The second-order valence-corrected chi connectivity index (χ2v) is 6.62. The Kier molecular flexibility index (Phi) is 3.44. The summed E-state index contributed by atoms with van der Waals surface area (Å²) in [5.41, 5.74) is -3.72. The summed E-state index contributed by atoms with van der Waals surface area (Å²) in [5, 5.41) is 2.79. The molecule has 2 aliphatic carbocycles. The number of benzene rings is 1. The number of amides is 1. The van der Waals surface area contributed by atoms with Crippen LogP contribution in [-0.2, 0) is 4.79 Å². The highest BCUT2D eigenvalue weighted by Crippen LogP contribution is 2.54. The molecule has 2 unspecified atom stereocenters. The first-order chi connectivity index (χ1) is 9.40. The fourth-order valence-corrected chi connectivity index (χ4v) is 3.45. The molecular formula is C14H14F3NOS. The van der Waals surface area contributed by atoms with Gasteiger partial charge in [-0.1, -0.05) is 0 Å². The summed E-state index contributed by atoms with van der Waals surface area (Å²) in [6.45, 7) is 0. The van der Waals surface area contributed by atoms with Gasteiger partial charge in [0.05, 0.1) is 0 Å². The minimum absolute atomic E-state index is 0.00609. The van der Waals surface area contributed by atoms with Gasteiger partial charge in [0.2, 0.25) is 5.91 Å². The predicted octanol–water partition coefficient (Wildman–Crippen LogP) is 4.28. The number of thioether (sulfide) groups is 1. The van der Waals surface area contributed by atoms with Gasteiger partial charge in [0.1, 0.15) is 0 Å². The Hall–Kier alpha value is -1.17. The lowest BCUT2D eigenvalue weighted by Gasteiger charge is -2.12. The number of hydrogen-bond acceptors (Lipinski definition) is 2. The number of halogens is 3. The van der Waals surface area contributed by atoms with Crippen molar-refractivity contribution in [2.24, 2.45) is 17.8 Å². The molecule has 1 aromatic rings. The lowest BCUT2D eigenvalue weighted by atomic mass is 10.0. The second-order valence-electron chi connectivity index (χ2n) is 5.49. The van der Waals surface area contributed by atoms with Crippen LogP contribution in [0.25, 0.3) is 0 Å². The quantitative estimate of drug-likeness (QED) is 0.844. The first-order valence-electron chi connectivity index (χ1n) is 6.57. The number of fused-ring (bicyclic) bond motifs is 1. The van der Waals surface area contributed by atoms with Crippen LogP contribution in [0.1, 0.15) is 19.3 Å². The standard InChI is InChI=1S/C14H14F3NOS/c15-14(16,17)20-12-3-1-11(2-4-12)18-13(19)10-6-8-5-9(8)7-10/h1-4,8-10H,5-7H2,(H,18,19). The largest absolute Gasteiger partial charge is 0.446 e. The molecule has 1 aromatic carbocycles. The van der Waals surface area contributed by atoms with Crippen LogP contribution in [0.2, 0.25) is 0 Å². The molecule has 1 N–H and O–H groups in total. The third-order valence-electron chi connectivity index (χ3n) is 3.97. The van der Waals surface area contributed by atoms with E-state index < -0.39 is 5.51 Å². The van der Waals surface area contributed by atoms with Crippen molar-refractivity contribution < 1.29 is 18.0 Å². The molecule has 2 fully saturated rings. The van der Waals surface area contributed by atoms with Crippen molar-refractivity contribution in [1.82, 2.24) is 0 Å². The lowest BCUT2D eigenvalue weighted by molar-refractivity contribution is -0.120. The Morgan fingerprint density at radius 2 is 1.70 bits per heavy atom. The zero-order valence-electron chi connectivity index (χ0n) is 10.6. The maximum absolute atomic E-state index is 12.2. The molecule has 3 rings (SSSR count). The fourth-order valence-electron chi connectivity index (χ4n) is 2.91. The molecule has 20 heavy (non-hydrogen) atoms. The van der Waals surface area contributed by atoms with Gasteiger partial charge in [0.25, 0.3) is 0 Å². The predicted molar refractivity (Wildman–Crippen MR) is 71.3 cm³/mol. The second kappa shape index (κ2) is 4.98. The number of nitrogens with one attached hydrogen (secondary N) is 1. The minimum atomic E-state index is -4.28. The summed E-state index contributed by atoms with van der Waals surface area (Å²) >= 11 is -0.153. The van der Waals surface area contributed by atoms with Crippen LogP contribution >= 0.6 is 11.8 Å². The molecule has 0 saturated heterocycles. The Morgan fingerprint density at radius 1 is 1.10 bits per heavy atom. The van der Waals surface area contributed by atoms with Crippen LogP contribution < -0.4 is 5.32 Å². The maximum atomic E-state index is 12.2. The van der Waals surface area contributed by atoms with Gasteiger partial charge < -0.3 is 5.32 Å². The number of anilines is 1. The van der Waals surface area contributed by atoms with Crippen LogP contribution in [0.15, 0.2) is 29.2 Å². The molecule has 0 aliphatic heterocycles. The zero-order chi connectivity index (χ0) is 14.3. The van der Waals surface area contributed by atoms with Crippen molar-refractivity contribution in [1.29, 1.82) is 0 Å². The highest BCUT2D eigenvalue weighted by Gasteiger charge is 2.47. The van der Waals surface area contributed by atoms with Crippen molar-refractivity contribution >= 4 is 23.4 Å². The van der Waals surface area contributed by atoms with Crippen LogP contribution in [-0.4, -0.2) is 11.4 Å². The van der Waals surface area contributed by atoms with Gasteiger partial charge in [0.15, 0.2) is 0 Å². The number of carbonyl (C=O) groups is 1. The SMILES string of the molecule is O=C(Nc1ccc(SC(F)(F)F)cc1)C1CC2CC2C1. The smallest absolute Gasteiger partial charge is 0.326 e. The normalized spacial score (nSPS) is 28.1. The lowest BCUT2D eigenvalue weighted by Crippen LogP contribution is -2.21. The Balaban J connectivity index is 1.56. The molecule has 0 radical (unpaired) electrons. The van der Waals surface area contributed by atoms with E-state index >= 15 is 0 Å². The Labute approximate surface area is 119 Å². The highest BCUT2D eigenvalue weighted by molar-refractivity contribution is 8.00. The van der Waals surface area contributed by atoms with E-state index in [4.69, 9.17) is 0 Å². The highest BCUT2D eigenvalue weighted by atomic mass is 32.2. The minimum Gasteiger partial charge on any atom is -0.326 e. The molecule has 0 heterocycles.